The van der Waals surface area contributed by atoms with E-state index < -0.39 is 6.43 Å². The number of alkyl halides is 2. The number of carbonyl (C=O) groups is 1. The van der Waals surface area contributed by atoms with Gasteiger partial charge in [-0.1, -0.05) is 29.8 Å². The molecule has 4 rings (SSSR count). The highest BCUT2D eigenvalue weighted by molar-refractivity contribution is 5.91. The standard InChI is InChI=1S/C19H19F2N5O/c1-11-5-3-6-13(9-11)14-7-4-8-25(14)18(27)17-23-19-22-12(2)10-15(16(20)21)26(19)24-17/h3,5-6,9-10,14,16H,4,7-8H2,1-2H3/t14-/m0/s1. The molecule has 1 fully saturated rings. The minimum atomic E-state index is -2.73. The minimum absolute atomic E-state index is 0.0138. The van der Waals surface area contributed by atoms with Crippen molar-refractivity contribution in [2.24, 2.45) is 0 Å². The van der Waals surface area contributed by atoms with Gasteiger partial charge in [0.15, 0.2) is 0 Å². The van der Waals surface area contributed by atoms with Crippen LogP contribution in [0.3, 0.4) is 0 Å². The molecule has 8 heteroatoms. The van der Waals surface area contributed by atoms with Gasteiger partial charge in [-0.05, 0) is 38.3 Å². The highest BCUT2D eigenvalue weighted by Crippen LogP contribution is 2.33. The Balaban J connectivity index is 1.71. The number of fused-ring (bicyclic) bond motifs is 1. The van der Waals surface area contributed by atoms with E-state index in [1.165, 1.54) is 6.07 Å². The van der Waals surface area contributed by atoms with Crippen LogP contribution in [-0.2, 0) is 0 Å². The normalized spacial score (nSPS) is 17.2. The van der Waals surface area contributed by atoms with Gasteiger partial charge in [0.05, 0.1) is 6.04 Å². The summed E-state index contributed by atoms with van der Waals surface area (Å²) >= 11 is 0. The van der Waals surface area contributed by atoms with Crippen LogP contribution in [0.5, 0.6) is 0 Å². The quantitative estimate of drug-likeness (QED) is 0.705. The van der Waals surface area contributed by atoms with E-state index in [1.807, 2.05) is 25.1 Å². The number of carbonyl (C=O) groups excluding carboxylic acids is 1. The highest BCUT2D eigenvalue weighted by Gasteiger charge is 2.33. The Morgan fingerprint density at radius 2 is 2.04 bits per heavy atom. The Labute approximate surface area is 154 Å². The summed E-state index contributed by atoms with van der Waals surface area (Å²) in [6, 6.07) is 9.23. The van der Waals surface area contributed by atoms with E-state index in [2.05, 4.69) is 21.1 Å². The molecule has 3 heterocycles. The number of likely N-dealkylation sites (tertiary alicyclic amines) is 1. The Kier molecular flexibility index (Phi) is 4.33. The molecule has 0 spiro atoms. The second-order valence-corrected chi connectivity index (χ2v) is 6.84. The van der Waals surface area contributed by atoms with Gasteiger partial charge in [0.25, 0.3) is 18.1 Å². The van der Waals surface area contributed by atoms with E-state index in [4.69, 9.17) is 0 Å². The number of hydrogen-bond donors (Lipinski definition) is 0. The first-order valence-corrected chi connectivity index (χ1v) is 8.84. The molecule has 1 amide bonds. The van der Waals surface area contributed by atoms with Crippen LogP contribution >= 0.6 is 0 Å². The summed E-state index contributed by atoms with van der Waals surface area (Å²) in [6.07, 6.45) is -1.01. The lowest BCUT2D eigenvalue weighted by molar-refractivity contribution is 0.0722. The lowest BCUT2D eigenvalue weighted by Gasteiger charge is -2.24. The summed E-state index contributed by atoms with van der Waals surface area (Å²) in [5, 5.41) is 4.04. The zero-order valence-electron chi connectivity index (χ0n) is 15.1. The molecule has 0 radical (unpaired) electrons. The van der Waals surface area contributed by atoms with Gasteiger partial charge in [-0.25, -0.2) is 13.8 Å². The molecule has 1 aromatic carbocycles. The predicted molar refractivity (Wildman–Crippen MR) is 94.7 cm³/mol. The maximum Gasteiger partial charge on any atom is 0.294 e. The Bertz CT molecular complexity index is 1020. The fourth-order valence-electron chi connectivity index (χ4n) is 3.62. The molecule has 1 atom stereocenters. The zero-order valence-corrected chi connectivity index (χ0v) is 15.1. The van der Waals surface area contributed by atoms with Crippen LogP contribution in [0.4, 0.5) is 8.78 Å². The first kappa shape index (κ1) is 17.5. The fraction of sp³-hybridized carbons (Fsp3) is 0.368. The minimum Gasteiger partial charge on any atom is -0.329 e. The molecule has 0 N–H and O–H groups in total. The van der Waals surface area contributed by atoms with Crippen LogP contribution < -0.4 is 0 Å². The average molecular weight is 371 g/mol. The summed E-state index contributed by atoms with van der Waals surface area (Å²) in [5.41, 5.74) is 2.27. The summed E-state index contributed by atoms with van der Waals surface area (Å²) in [7, 11) is 0. The SMILES string of the molecule is Cc1cccc([C@@H]2CCCN2C(=O)c2nc3nc(C)cc(C(F)F)n3n2)c1. The summed E-state index contributed by atoms with van der Waals surface area (Å²) < 4.78 is 27.6. The molecule has 3 aromatic rings. The molecule has 2 aromatic heterocycles. The third-order valence-electron chi connectivity index (χ3n) is 4.82. The molecule has 0 saturated carbocycles. The van der Waals surface area contributed by atoms with Crippen molar-refractivity contribution in [1.82, 2.24) is 24.5 Å². The molecule has 0 bridgehead atoms. The van der Waals surface area contributed by atoms with E-state index >= 15 is 0 Å². The number of aromatic nitrogens is 4. The smallest absolute Gasteiger partial charge is 0.294 e. The lowest BCUT2D eigenvalue weighted by atomic mass is 10.0. The van der Waals surface area contributed by atoms with Crippen LogP contribution in [-0.4, -0.2) is 36.9 Å². The summed E-state index contributed by atoms with van der Waals surface area (Å²) in [6.45, 7) is 4.20. The Morgan fingerprint density at radius 3 is 2.78 bits per heavy atom. The van der Waals surface area contributed by atoms with E-state index in [-0.39, 0.29) is 29.2 Å². The molecule has 0 aliphatic carbocycles. The van der Waals surface area contributed by atoms with Crippen molar-refractivity contribution < 1.29 is 13.6 Å². The van der Waals surface area contributed by atoms with Crippen molar-refractivity contribution >= 4 is 11.7 Å². The number of aryl methyl sites for hydroxylation is 2. The van der Waals surface area contributed by atoms with Crippen molar-refractivity contribution in [3.05, 3.63) is 58.7 Å². The maximum atomic E-state index is 13.3. The molecular weight excluding hydrogens is 352 g/mol. The predicted octanol–water partition coefficient (Wildman–Crippen LogP) is 3.66. The fourth-order valence-corrected chi connectivity index (χ4v) is 3.62. The second kappa shape index (κ2) is 6.68. The first-order valence-electron chi connectivity index (χ1n) is 8.84. The largest absolute Gasteiger partial charge is 0.329 e. The van der Waals surface area contributed by atoms with Crippen LogP contribution in [0.2, 0.25) is 0 Å². The first-order chi connectivity index (χ1) is 12.9. The van der Waals surface area contributed by atoms with Gasteiger partial charge in [-0.2, -0.15) is 9.50 Å². The van der Waals surface area contributed by atoms with Crippen molar-refractivity contribution in [3.63, 3.8) is 0 Å². The zero-order chi connectivity index (χ0) is 19.1. The van der Waals surface area contributed by atoms with Gasteiger partial charge in [0.1, 0.15) is 5.69 Å². The van der Waals surface area contributed by atoms with E-state index in [0.717, 1.165) is 28.5 Å². The van der Waals surface area contributed by atoms with Crippen molar-refractivity contribution in [1.29, 1.82) is 0 Å². The van der Waals surface area contributed by atoms with Crippen molar-refractivity contribution in [2.75, 3.05) is 6.54 Å². The Morgan fingerprint density at radius 1 is 1.22 bits per heavy atom. The molecule has 140 valence electrons. The van der Waals surface area contributed by atoms with Crippen LogP contribution in [0.25, 0.3) is 5.78 Å². The third kappa shape index (κ3) is 3.15. The van der Waals surface area contributed by atoms with Gasteiger partial charge in [0.2, 0.25) is 5.82 Å². The number of halogens is 2. The van der Waals surface area contributed by atoms with Gasteiger partial charge in [-0.3, -0.25) is 4.79 Å². The van der Waals surface area contributed by atoms with E-state index in [0.29, 0.717) is 12.2 Å². The van der Waals surface area contributed by atoms with Crippen LogP contribution in [0.1, 0.15) is 58.4 Å². The number of benzene rings is 1. The molecule has 1 aliphatic heterocycles. The Hall–Kier alpha value is -2.90. The van der Waals surface area contributed by atoms with Crippen LogP contribution in [0.15, 0.2) is 30.3 Å². The monoisotopic (exact) mass is 371 g/mol. The molecule has 27 heavy (non-hydrogen) atoms. The number of hydrogen-bond acceptors (Lipinski definition) is 4. The average Bonchev–Trinajstić information content (AvgIpc) is 3.27. The second-order valence-electron chi connectivity index (χ2n) is 6.84. The van der Waals surface area contributed by atoms with Crippen molar-refractivity contribution in [3.8, 4) is 0 Å². The van der Waals surface area contributed by atoms with Crippen molar-refractivity contribution in [2.45, 2.75) is 39.2 Å². The molecule has 1 saturated heterocycles. The highest BCUT2D eigenvalue weighted by atomic mass is 19.3. The van der Waals surface area contributed by atoms with Gasteiger partial charge in [-0.15, -0.1) is 5.10 Å². The summed E-state index contributed by atoms with van der Waals surface area (Å²) in [4.78, 5) is 23.0. The van der Waals surface area contributed by atoms with Gasteiger partial charge >= 0.3 is 0 Å². The molecule has 0 unspecified atom stereocenters. The number of rotatable bonds is 3. The topological polar surface area (TPSA) is 63.4 Å². The number of nitrogens with zero attached hydrogens (tertiary/aromatic N) is 5. The van der Waals surface area contributed by atoms with E-state index in [9.17, 15) is 13.6 Å². The van der Waals surface area contributed by atoms with E-state index in [1.54, 1.807) is 11.8 Å². The van der Waals surface area contributed by atoms with Crippen LogP contribution in [0, 0.1) is 13.8 Å². The number of amides is 1. The molecular formula is C19H19F2N5O. The molecule has 1 aliphatic rings. The summed E-state index contributed by atoms with van der Waals surface area (Å²) in [5.74, 6) is -0.447. The van der Waals surface area contributed by atoms with Gasteiger partial charge in [0, 0.05) is 12.2 Å². The van der Waals surface area contributed by atoms with Gasteiger partial charge < -0.3 is 4.90 Å². The third-order valence-corrected chi connectivity index (χ3v) is 4.82. The maximum absolute atomic E-state index is 13.3. The lowest BCUT2D eigenvalue weighted by Crippen LogP contribution is -2.31. The molecule has 6 nitrogen and oxygen atoms in total.